The van der Waals surface area contributed by atoms with Crippen LogP contribution in [-0.2, 0) is 14.3 Å². The Morgan fingerprint density at radius 3 is 2.62 bits per heavy atom. The molecule has 13 heavy (non-hydrogen) atoms. The first-order chi connectivity index (χ1) is 6.22. The number of carbonyl (C=O) groups excluding carboxylic acids is 1. The van der Waals surface area contributed by atoms with Crippen LogP contribution in [0.15, 0.2) is 0 Å². The van der Waals surface area contributed by atoms with Crippen LogP contribution >= 0.6 is 0 Å². The standard InChI is InChI=1S/C9H18O4/c1-3-8(2)9(11)13-7-6-12-5-4-10/h8,10H,3-7H2,1-2H3. The number of hydrogen-bond acceptors (Lipinski definition) is 4. The minimum atomic E-state index is -0.185. The van der Waals surface area contributed by atoms with Gasteiger partial charge in [0.2, 0.25) is 0 Å². The molecule has 0 aliphatic heterocycles. The first-order valence-electron chi connectivity index (χ1n) is 4.57. The number of carbonyl (C=O) groups is 1. The molecule has 1 N–H and O–H groups in total. The molecule has 0 saturated carbocycles. The zero-order valence-corrected chi connectivity index (χ0v) is 8.28. The van der Waals surface area contributed by atoms with E-state index in [1.807, 2.05) is 13.8 Å². The van der Waals surface area contributed by atoms with E-state index in [1.54, 1.807) is 0 Å². The lowest BCUT2D eigenvalue weighted by molar-refractivity contribution is -0.149. The van der Waals surface area contributed by atoms with Gasteiger partial charge in [-0.1, -0.05) is 13.8 Å². The molecule has 0 radical (unpaired) electrons. The van der Waals surface area contributed by atoms with Crippen LogP contribution in [0.4, 0.5) is 0 Å². The molecule has 78 valence electrons. The third kappa shape index (κ3) is 6.54. The lowest BCUT2D eigenvalue weighted by Gasteiger charge is -2.08. The molecule has 0 aliphatic carbocycles. The SMILES string of the molecule is CCC(C)C(=O)OCCOCCO. The molecule has 1 unspecified atom stereocenters. The molecule has 0 spiro atoms. The summed E-state index contributed by atoms with van der Waals surface area (Å²) >= 11 is 0. The molecule has 0 saturated heterocycles. The number of esters is 1. The van der Waals surface area contributed by atoms with Crippen LogP contribution in [0.1, 0.15) is 20.3 Å². The highest BCUT2D eigenvalue weighted by atomic mass is 16.6. The van der Waals surface area contributed by atoms with Crippen LogP contribution < -0.4 is 0 Å². The Hall–Kier alpha value is -0.610. The number of aliphatic hydroxyl groups excluding tert-OH is 1. The fourth-order valence-corrected chi connectivity index (χ4v) is 0.677. The molecule has 0 heterocycles. The maximum absolute atomic E-state index is 11.1. The minimum Gasteiger partial charge on any atom is -0.463 e. The van der Waals surface area contributed by atoms with E-state index in [-0.39, 0.29) is 25.1 Å². The Bertz CT molecular complexity index is 136. The van der Waals surface area contributed by atoms with Crippen LogP contribution in [0.2, 0.25) is 0 Å². The summed E-state index contributed by atoms with van der Waals surface area (Å²) < 4.78 is 9.82. The topological polar surface area (TPSA) is 55.8 Å². The van der Waals surface area contributed by atoms with Gasteiger partial charge in [0.05, 0.1) is 25.7 Å². The maximum atomic E-state index is 11.1. The van der Waals surface area contributed by atoms with Crippen molar-refractivity contribution in [1.82, 2.24) is 0 Å². The lowest BCUT2D eigenvalue weighted by Crippen LogP contribution is -2.17. The molecule has 0 fully saturated rings. The van der Waals surface area contributed by atoms with Gasteiger partial charge in [0, 0.05) is 0 Å². The summed E-state index contributed by atoms with van der Waals surface area (Å²) in [6, 6.07) is 0. The van der Waals surface area contributed by atoms with Gasteiger partial charge in [0.25, 0.3) is 0 Å². The van der Waals surface area contributed by atoms with E-state index in [4.69, 9.17) is 14.6 Å². The molecule has 0 aromatic heterocycles. The monoisotopic (exact) mass is 190 g/mol. The summed E-state index contributed by atoms with van der Waals surface area (Å²) in [6.45, 7) is 4.68. The predicted octanol–water partition coefficient (Wildman–Crippen LogP) is 0.585. The normalized spacial score (nSPS) is 12.5. The van der Waals surface area contributed by atoms with E-state index in [0.717, 1.165) is 6.42 Å². The number of aliphatic hydroxyl groups is 1. The Balaban J connectivity index is 3.27. The lowest BCUT2D eigenvalue weighted by atomic mass is 10.1. The van der Waals surface area contributed by atoms with Crippen molar-refractivity contribution in [3.05, 3.63) is 0 Å². The minimum absolute atomic E-state index is 0.000685. The summed E-state index contributed by atoms with van der Waals surface area (Å²) in [6.07, 6.45) is 0.788. The fourth-order valence-electron chi connectivity index (χ4n) is 0.677. The van der Waals surface area contributed by atoms with E-state index >= 15 is 0 Å². The van der Waals surface area contributed by atoms with E-state index in [1.165, 1.54) is 0 Å². The molecular weight excluding hydrogens is 172 g/mol. The highest BCUT2D eigenvalue weighted by molar-refractivity contribution is 5.71. The molecule has 0 bridgehead atoms. The second-order valence-electron chi connectivity index (χ2n) is 2.81. The van der Waals surface area contributed by atoms with Crippen molar-refractivity contribution in [2.45, 2.75) is 20.3 Å². The second-order valence-corrected chi connectivity index (χ2v) is 2.81. The Labute approximate surface area is 78.8 Å². The average Bonchev–Trinajstić information content (AvgIpc) is 2.16. The molecule has 0 rings (SSSR count). The van der Waals surface area contributed by atoms with Crippen LogP contribution in [0.25, 0.3) is 0 Å². The summed E-state index contributed by atoms with van der Waals surface area (Å²) in [4.78, 5) is 11.1. The van der Waals surface area contributed by atoms with Crippen LogP contribution in [0, 0.1) is 5.92 Å². The molecule has 0 aromatic rings. The molecule has 1 atom stereocenters. The van der Waals surface area contributed by atoms with Gasteiger partial charge in [-0.05, 0) is 6.42 Å². The van der Waals surface area contributed by atoms with Crippen molar-refractivity contribution in [2.24, 2.45) is 5.92 Å². The summed E-state index contributed by atoms with van der Waals surface area (Å²) in [5.74, 6) is -0.229. The largest absolute Gasteiger partial charge is 0.463 e. The maximum Gasteiger partial charge on any atom is 0.308 e. The smallest absolute Gasteiger partial charge is 0.308 e. The molecule has 0 amide bonds. The Morgan fingerprint density at radius 2 is 2.08 bits per heavy atom. The number of rotatable bonds is 7. The molecule has 4 nitrogen and oxygen atoms in total. The average molecular weight is 190 g/mol. The number of ether oxygens (including phenoxy) is 2. The first kappa shape index (κ1) is 12.4. The quantitative estimate of drug-likeness (QED) is 0.471. The molecule has 0 aliphatic rings. The highest BCUT2D eigenvalue weighted by Crippen LogP contribution is 2.02. The molecule has 0 aromatic carbocycles. The van der Waals surface area contributed by atoms with Gasteiger partial charge in [-0.2, -0.15) is 0 Å². The van der Waals surface area contributed by atoms with Gasteiger partial charge in [-0.25, -0.2) is 0 Å². The van der Waals surface area contributed by atoms with Gasteiger partial charge >= 0.3 is 5.97 Å². The molecular formula is C9H18O4. The van der Waals surface area contributed by atoms with E-state index in [0.29, 0.717) is 13.2 Å². The highest BCUT2D eigenvalue weighted by Gasteiger charge is 2.10. The zero-order valence-electron chi connectivity index (χ0n) is 8.28. The van der Waals surface area contributed by atoms with Crippen molar-refractivity contribution < 1.29 is 19.4 Å². The first-order valence-corrected chi connectivity index (χ1v) is 4.57. The number of hydrogen-bond donors (Lipinski definition) is 1. The van der Waals surface area contributed by atoms with Gasteiger partial charge in [0.1, 0.15) is 6.61 Å². The van der Waals surface area contributed by atoms with Crippen molar-refractivity contribution in [3.63, 3.8) is 0 Å². The third-order valence-corrected chi connectivity index (χ3v) is 1.72. The summed E-state index contributed by atoms with van der Waals surface area (Å²) in [5, 5.41) is 8.37. The second kappa shape index (κ2) is 8.01. The van der Waals surface area contributed by atoms with Crippen LogP contribution in [-0.4, -0.2) is 37.5 Å². The summed E-state index contributed by atoms with van der Waals surface area (Å²) in [7, 11) is 0. The Kier molecular flexibility index (Phi) is 7.63. The Morgan fingerprint density at radius 1 is 1.38 bits per heavy atom. The van der Waals surface area contributed by atoms with Gasteiger partial charge < -0.3 is 14.6 Å². The van der Waals surface area contributed by atoms with E-state index in [2.05, 4.69) is 0 Å². The zero-order chi connectivity index (χ0) is 10.1. The summed E-state index contributed by atoms with van der Waals surface area (Å²) in [5.41, 5.74) is 0. The van der Waals surface area contributed by atoms with Crippen LogP contribution in [0.3, 0.4) is 0 Å². The van der Waals surface area contributed by atoms with Crippen molar-refractivity contribution in [2.75, 3.05) is 26.4 Å². The van der Waals surface area contributed by atoms with E-state index < -0.39 is 0 Å². The molecule has 4 heteroatoms. The predicted molar refractivity (Wildman–Crippen MR) is 48.3 cm³/mol. The van der Waals surface area contributed by atoms with Crippen molar-refractivity contribution in [1.29, 1.82) is 0 Å². The van der Waals surface area contributed by atoms with Crippen molar-refractivity contribution in [3.8, 4) is 0 Å². The van der Waals surface area contributed by atoms with Gasteiger partial charge in [0.15, 0.2) is 0 Å². The van der Waals surface area contributed by atoms with Gasteiger partial charge in [-0.15, -0.1) is 0 Å². The third-order valence-electron chi connectivity index (χ3n) is 1.72. The van der Waals surface area contributed by atoms with Gasteiger partial charge in [-0.3, -0.25) is 4.79 Å². The van der Waals surface area contributed by atoms with Crippen LogP contribution in [0.5, 0.6) is 0 Å². The van der Waals surface area contributed by atoms with E-state index in [9.17, 15) is 4.79 Å². The fraction of sp³-hybridized carbons (Fsp3) is 0.889. The van der Waals surface area contributed by atoms with Crippen molar-refractivity contribution >= 4 is 5.97 Å².